The number of nitrogens with zero attached hydrogens (tertiary/aromatic N) is 2. The van der Waals surface area contributed by atoms with Crippen LogP contribution in [0.4, 0.5) is 0 Å². The Hall–Kier alpha value is -2.50. The molecule has 23 heavy (non-hydrogen) atoms. The topological polar surface area (TPSA) is 65.4 Å². The van der Waals surface area contributed by atoms with Gasteiger partial charge in [0.2, 0.25) is 0 Å². The predicted octanol–water partition coefficient (Wildman–Crippen LogP) is 2.30. The molecule has 1 unspecified atom stereocenters. The summed E-state index contributed by atoms with van der Waals surface area (Å²) in [6, 6.07) is 5.61. The van der Waals surface area contributed by atoms with Crippen LogP contribution >= 0.6 is 0 Å². The van der Waals surface area contributed by atoms with E-state index in [0.717, 1.165) is 28.5 Å². The summed E-state index contributed by atoms with van der Waals surface area (Å²) >= 11 is 0. The third kappa shape index (κ3) is 2.88. The summed E-state index contributed by atoms with van der Waals surface area (Å²) in [5.41, 5.74) is 3.20. The molecule has 6 nitrogen and oxygen atoms in total. The standard InChI is InChI=1S/C17H21N3O3/c1-10(13-5-6-14-15(9-13)23-8-7-22-14)18-17(21)16-11(2)19-20(4)12(16)3/h5-6,9-10H,7-8H2,1-4H3,(H,18,21). The van der Waals surface area contributed by atoms with Gasteiger partial charge in [0.1, 0.15) is 13.2 Å². The van der Waals surface area contributed by atoms with E-state index in [4.69, 9.17) is 9.47 Å². The first kappa shape index (κ1) is 15.4. The van der Waals surface area contributed by atoms with E-state index in [-0.39, 0.29) is 11.9 Å². The van der Waals surface area contributed by atoms with Gasteiger partial charge in [0.15, 0.2) is 11.5 Å². The van der Waals surface area contributed by atoms with Gasteiger partial charge >= 0.3 is 0 Å². The lowest BCUT2D eigenvalue weighted by molar-refractivity contribution is 0.0938. The zero-order chi connectivity index (χ0) is 16.6. The van der Waals surface area contributed by atoms with Crippen LogP contribution in [0, 0.1) is 13.8 Å². The molecule has 1 atom stereocenters. The molecule has 2 aromatic rings. The fourth-order valence-corrected chi connectivity index (χ4v) is 2.78. The maximum absolute atomic E-state index is 12.6. The average molecular weight is 315 g/mol. The predicted molar refractivity (Wildman–Crippen MR) is 86.0 cm³/mol. The summed E-state index contributed by atoms with van der Waals surface area (Å²) < 4.78 is 12.8. The molecular weight excluding hydrogens is 294 g/mol. The smallest absolute Gasteiger partial charge is 0.255 e. The number of fused-ring (bicyclic) bond motifs is 1. The summed E-state index contributed by atoms with van der Waals surface area (Å²) in [5.74, 6) is 1.36. The van der Waals surface area contributed by atoms with Crippen molar-refractivity contribution < 1.29 is 14.3 Å². The fourth-order valence-electron chi connectivity index (χ4n) is 2.78. The normalized spacial score (nSPS) is 14.4. The zero-order valence-electron chi connectivity index (χ0n) is 13.8. The highest BCUT2D eigenvalue weighted by atomic mass is 16.6. The van der Waals surface area contributed by atoms with Gasteiger partial charge in [-0.2, -0.15) is 5.10 Å². The molecule has 1 aliphatic rings. The van der Waals surface area contributed by atoms with E-state index in [0.29, 0.717) is 18.8 Å². The number of aryl methyl sites for hydroxylation is 2. The number of hydrogen-bond donors (Lipinski definition) is 1. The molecule has 0 saturated carbocycles. The van der Waals surface area contributed by atoms with Crippen molar-refractivity contribution in [3.05, 3.63) is 40.7 Å². The molecule has 0 fully saturated rings. The van der Waals surface area contributed by atoms with Crippen molar-refractivity contribution in [3.63, 3.8) is 0 Å². The monoisotopic (exact) mass is 315 g/mol. The van der Waals surface area contributed by atoms with Gasteiger partial charge in [0.05, 0.1) is 17.3 Å². The number of nitrogens with one attached hydrogen (secondary N) is 1. The van der Waals surface area contributed by atoms with E-state index in [1.807, 2.05) is 46.0 Å². The first-order chi connectivity index (χ1) is 11.0. The SMILES string of the molecule is Cc1nn(C)c(C)c1C(=O)NC(C)c1ccc2c(c1)OCCO2. The lowest BCUT2D eigenvalue weighted by atomic mass is 10.1. The van der Waals surface area contributed by atoms with Crippen molar-refractivity contribution in [1.29, 1.82) is 0 Å². The van der Waals surface area contributed by atoms with E-state index in [2.05, 4.69) is 10.4 Å². The highest BCUT2D eigenvalue weighted by Gasteiger charge is 2.20. The Kier molecular flexibility index (Phi) is 3.98. The van der Waals surface area contributed by atoms with Crippen LogP contribution in [-0.4, -0.2) is 28.9 Å². The summed E-state index contributed by atoms with van der Waals surface area (Å²) in [5, 5.41) is 7.31. The summed E-state index contributed by atoms with van der Waals surface area (Å²) in [6.07, 6.45) is 0. The molecule has 2 heterocycles. The van der Waals surface area contributed by atoms with E-state index in [1.54, 1.807) is 4.68 Å². The van der Waals surface area contributed by atoms with E-state index in [1.165, 1.54) is 0 Å². The van der Waals surface area contributed by atoms with Crippen LogP contribution in [0.15, 0.2) is 18.2 Å². The zero-order valence-corrected chi connectivity index (χ0v) is 13.8. The summed E-state index contributed by atoms with van der Waals surface area (Å²) in [7, 11) is 1.84. The number of aromatic nitrogens is 2. The van der Waals surface area contributed by atoms with E-state index < -0.39 is 0 Å². The van der Waals surface area contributed by atoms with Gasteiger partial charge in [-0.3, -0.25) is 9.48 Å². The maximum atomic E-state index is 12.6. The number of benzene rings is 1. The molecule has 0 bridgehead atoms. The first-order valence-corrected chi connectivity index (χ1v) is 7.68. The van der Waals surface area contributed by atoms with Crippen molar-refractivity contribution in [3.8, 4) is 11.5 Å². The van der Waals surface area contributed by atoms with Gasteiger partial charge in [-0.15, -0.1) is 0 Å². The minimum atomic E-state index is -0.141. The fraction of sp³-hybridized carbons (Fsp3) is 0.412. The second kappa shape index (κ2) is 5.95. The molecule has 0 spiro atoms. The molecule has 3 rings (SSSR count). The number of hydrogen-bond acceptors (Lipinski definition) is 4. The molecule has 6 heteroatoms. The Morgan fingerprint density at radius 1 is 1.26 bits per heavy atom. The molecule has 0 aliphatic carbocycles. The number of rotatable bonds is 3. The van der Waals surface area contributed by atoms with Crippen molar-refractivity contribution in [1.82, 2.24) is 15.1 Å². The van der Waals surface area contributed by atoms with Crippen molar-refractivity contribution >= 4 is 5.91 Å². The second-order valence-electron chi connectivity index (χ2n) is 5.77. The number of ether oxygens (including phenoxy) is 2. The first-order valence-electron chi connectivity index (χ1n) is 7.68. The van der Waals surface area contributed by atoms with Crippen LogP contribution in [0.1, 0.15) is 40.3 Å². The third-order valence-corrected chi connectivity index (χ3v) is 4.15. The van der Waals surface area contributed by atoms with Crippen LogP contribution < -0.4 is 14.8 Å². The Morgan fingerprint density at radius 2 is 1.96 bits per heavy atom. The number of carbonyl (C=O) groups is 1. The largest absolute Gasteiger partial charge is 0.486 e. The highest BCUT2D eigenvalue weighted by molar-refractivity contribution is 5.96. The minimum Gasteiger partial charge on any atom is -0.486 e. The number of amides is 1. The Morgan fingerprint density at radius 3 is 2.61 bits per heavy atom. The molecule has 1 aliphatic heterocycles. The van der Waals surface area contributed by atoms with E-state index >= 15 is 0 Å². The van der Waals surface area contributed by atoms with Crippen molar-refractivity contribution in [2.45, 2.75) is 26.8 Å². The van der Waals surface area contributed by atoms with Crippen LogP contribution in [-0.2, 0) is 7.05 Å². The van der Waals surface area contributed by atoms with Gasteiger partial charge in [-0.25, -0.2) is 0 Å². The molecule has 1 N–H and O–H groups in total. The average Bonchev–Trinajstić information content (AvgIpc) is 2.79. The second-order valence-corrected chi connectivity index (χ2v) is 5.77. The summed E-state index contributed by atoms with van der Waals surface area (Å²) in [4.78, 5) is 12.6. The Bertz CT molecular complexity index is 752. The van der Waals surface area contributed by atoms with E-state index in [9.17, 15) is 4.79 Å². The molecule has 0 saturated heterocycles. The molecule has 1 aromatic carbocycles. The van der Waals surface area contributed by atoms with Crippen LogP contribution in [0.3, 0.4) is 0 Å². The van der Waals surface area contributed by atoms with Gasteiger partial charge in [-0.1, -0.05) is 6.07 Å². The minimum absolute atomic E-state index is 0.115. The molecule has 0 radical (unpaired) electrons. The van der Waals surface area contributed by atoms with Gasteiger partial charge < -0.3 is 14.8 Å². The maximum Gasteiger partial charge on any atom is 0.255 e. The molecule has 122 valence electrons. The van der Waals surface area contributed by atoms with Gasteiger partial charge in [0, 0.05) is 12.7 Å². The van der Waals surface area contributed by atoms with Gasteiger partial charge in [-0.05, 0) is 38.5 Å². The Balaban J connectivity index is 1.78. The van der Waals surface area contributed by atoms with Crippen LogP contribution in [0.5, 0.6) is 11.5 Å². The van der Waals surface area contributed by atoms with Crippen LogP contribution in [0.25, 0.3) is 0 Å². The lowest BCUT2D eigenvalue weighted by Gasteiger charge is -2.21. The summed E-state index contributed by atoms with van der Waals surface area (Å²) in [6.45, 7) is 6.80. The molecule has 1 amide bonds. The van der Waals surface area contributed by atoms with Gasteiger partial charge in [0.25, 0.3) is 5.91 Å². The molecule has 1 aromatic heterocycles. The highest BCUT2D eigenvalue weighted by Crippen LogP contribution is 2.32. The quantitative estimate of drug-likeness (QED) is 0.944. The van der Waals surface area contributed by atoms with Crippen LogP contribution in [0.2, 0.25) is 0 Å². The molecular formula is C17H21N3O3. The Labute approximate surface area is 135 Å². The van der Waals surface area contributed by atoms with Crippen molar-refractivity contribution in [2.75, 3.05) is 13.2 Å². The number of carbonyl (C=O) groups excluding carboxylic acids is 1. The van der Waals surface area contributed by atoms with Crippen molar-refractivity contribution in [2.24, 2.45) is 7.05 Å². The lowest BCUT2D eigenvalue weighted by Crippen LogP contribution is -2.27. The third-order valence-electron chi connectivity index (χ3n) is 4.15.